The number of unbranched alkanes of at least 4 members (excludes halogenated alkanes) is 1. The molecule has 128 valence electrons. The summed E-state index contributed by atoms with van der Waals surface area (Å²) in [5.74, 6) is -1.08. The van der Waals surface area contributed by atoms with Gasteiger partial charge in [0.05, 0.1) is 17.6 Å². The number of methoxy groups -OCH3 is 1. The Morgan fingerprint density at radius 2 is 2.12 bits per heavy atom. The first kappa shape index (κ1) is 17.7. The molecule has 0 atom stereocenters. The van der Waals surface area contributed by atoms with Crippen LogP contribution in [0.25, 0.3) is 5.69 Å². The van der Waals surface area contributed by atoms with Crippen LogP contribution in [-0.4, -0.2) is 40.5 Å². The SMILES string of the molecule is COCCCCC(=O)Nc1cccc(-n2ncc(C(=O)O)c2C)c1. The average Bonchev–Trinajstić information content (AvgIpc) is 2.93. The average molecular weight is 331 g/mol. The zero-order valence-electron chi connectivity index (χ0n) is 13.8. The van der Waals surface area contributed by atoms with Crippen LogP contribution >= 0.6 is 0 Å². The molecule has 0 saturated heterocycles. The summed E-state index contributed by atoms with van der Waals surface area (Å²) in [6, 6.07) is 7.14. The summed E-state index contributed by atoms with van der Waals surface area (Å²) in [5, 5.41) is 16.0. The minimum absolute atomic E-state index is 0.0633. The molecule has 7 nitrogen and oxygen atoms in total. The third kappa shape index (κ3) is 4.42. The van der Waals surface area contributed by atoms with Crippen LogP contribution in [0.1, 0.15) is 35.3 Å². The van der Waals surface area contributed by atoms with E-state index in [1.807, 2.05) is 0 Å². The zero-order valence-corrected chi connectivity index (χ0v) is 13.8. The number of anilines is 1. The lowest BCUT2D eigenvalue weighted by Gasteiger charge is -2.09. The number of nitrogens with zero attached hydrogens (tertiary/aromatic N) is 2. The Kier molecular flexibility index (Phi) is 6.08. The maximum absolute atomic E-state index is 11.9. The van der Waals surface area contributed by atoms with Crippen LogP contribution in [0.2, 0.25) is 0 Å². The Morgan fingerprint density at radius 3 is 2.79 bits per heavy atom. The van der Waals surface area contributed by atoms with Gasteiger partial charge in [-0.15, -0.1) is 0 Å². The van der Waals surface area contributed by atoms with Crippen LogP contribution < -0.4 is 5.32 Å². The molecule has 0 spiro atoms. The van der Waals surface area contributed by atoms with E-state index in [1.54, 1.807) is 38.3 Å². The first-order chi connectivity index (χ1) is 11.5. The summed E-state index contributed by atoms with van der Waals surface area (Å²) in [5.41, 5.74) is 2.03. The number of carbonyl (C=O) groups excluding carboxylic acids is 1. The van der Waals surface area contributed by atoms with Gasteiger partial charge in [0.25, 0.3) is 0 Å². The van der Waals surface area contributed by atoms with Gasteiger partial charge < -0.3 is 15.2 Å². The third-order valence-corrected chi connectivity index (χ3v) is 3.62. The van der Waals surface area contributed by atoms with Crippen molar-refractivity contribution in [1.29, 1.82) is 0 Å². The van der Waals surface area contributed by atoms with Crippen molar-refractivity contribution >= 4 is 17.6 Å². The number of rotatable bonds is 8. The summed E-state index contributed by atoms with van der Waals surface area (Å²) in [6.45, 7) is 2.34. The van der Waals surface area contributed by atoms with Gasteiger partial charge in [0.1, 0.15) is 5.56 Å². The second-order valence-electron chi connectivity index (χ2n) is 5.41. The predicted molar refractivity (Wildman–Crippen MR) is 89.6 cm³/mol. The number of benzene rings is 1. The van der Waals surface area contributed by atoms with Crippen molar-refractivity contribution in [2.45, 2.75) is 26.2 Å². The topological polar surface area (TPSA) is 93.5 Å². The second kappa shape index (κ2) is 8.26. The van der Waals surface area contributed by atoms with E-state index < -0.39 is 5.97 Å². The quantitative estimate of drug-likeness (QED) is 0.725. The highest BCUT2D eigenvalue weighted by Crippen LogP contribution is 2.18. The van der Waals surface area contributed by atoms with E-state index in [0.29, 0.717) is 30.1 Å². The lowest BCUT2D eigenvalue weighted by Crippen LogP contribution is -2.12. The molecule has 1 aromatic heterocycles. The maximum Gasteiger partial charge on any atom is 0.339 e. The molecule has 24 heavy (non-hydrogen) atoms. The molecule has 2 N–H and O–H groups in total. The van der Waals surface area contributed by atoms with Gasteiger partial charge in [0.15, 0.2) is 0 Å². The third-order valence-electron chi connectivity index (χ3n) is 3.62. The number of ether oxygens (including phenoxy) is 1. The van der Waals surface area contributed by atoms with Gasteiger partial charge in [0.2, 0.25) is 5.91 Å². The second-order valence-corrected chi connectivity index (χ2v) is 5.41. The van der Waals surface area contributed by atoms with Crippen LogP contribution in [0.15, 0.2) is 30.5 Å². The fourth-order valence-corrected chi connectivity index (χ4v) is 2.35. The molecule has 0 radical (unpaired) electrons. The van der Waals surface area contributed by atoms with E-state index in [9.17, 15) is 9.59 Å². The van der Waals surface area contributed by atoms with Crippen molar-refractivity contribution in [2.75, 3.05) is 19.0 Å². The minimum atomic E-state index is -1.01. The first-order valence-electron chi connectivity index (χ1n) is 7.70. The van der Waals surface area contributed by atoms with Gasteiger partial charge in [0, 0.05) is 25.8 Å². The molecule has 0 saturated carbocycles. The standard InChI is InChI=1S/C17H21N3O4/c1-12-15(17(22)23)11-18-20(12)14-7-5-6-13(10-14)19-16(21)8-3-4-9-24-2/h5-7,10-11H,3-4,8-9H2,1-2H3,(H,19,21)(H,22,23). The van der Waals surface area contributed by atoms with E-state index in [2.05, 4.69) is 10.4 Å². The lowest BCUT2D eigenvalue weighted by atomic mass is 10.2. The van der Waals surface area contributed by atoms with E-state index in [0.717, 1.165) is 12.8 Å². The molecule has 0 fully saturated rings. The van der Waals surface area contributed by atoms with Gasteiger partial charge >= 0.3 is 5.97 Å². The molecule has 0 aliphatic rings. The van der Waals surface area contributed by atoms with Crippen molar-refractivity contribution in [2.24, 2.45) is 0 Å². The van der Waals surface area contributed by atoms with Crippen molar-refractivity contribution in [1.82, 2.24) is 9.78 Å². The summed E-state index contributed by atoms with van der Waals surface area (Å²) < 4.78 is 6.49. The van der Waals surface area contributed by atoms with E-state index in [-0.39, 0.29) is 11.5 Å². The molecule has 0 bridgehead atoms. The molecule has 2 aromatic rings. The number of hydrogen-bond donors (Lipinski definition) is 2. The highest BCUT2D eigenvalue weighted by Gasteiger charge is 2.14. The zero-order chi connectivity index (χ0) is 17.5. The van der Waals surface area contributed by atoms with Crippen LogP contribution in [0, 0.1) is 6.92 Å². The maximum atomic E-state index is 11.9. The molecule has 1 aromatic carbocycles. The van der Waals surface area contributed by atoms with Gasteiger partial charge in [-0.05, 0) is 38.0 Å². The number of amides is 1. The van der Waals surface area contributed by atoms with Crippen molar-refractivity contribution < 1.29 is 19.4 Å². The number of carboxylic acids is 1. The fourth-order valence-electron chi connectivity index (χ4n) is 2.35. The molecule has 1 heterocycles. The van der Waals surface area contributed by atoms with Gasteiger partial charge in [-0.25, -0.2) is 9.48 Å². The molecular weight excluding hydrogens is 310 g/mol. The van der Waals surface area contributed by atoms with Crippen LogP contribution in [0.5, 0.6) is 0 Å². The number of carbonyl (C=O) groups is 2. The molecule has 1 amide bonds. The molecule has 0 aliphatic carbocycles. The Hall–Kier alpha value is -2.67. The summed E-state index contributed by atoms with van der Waals surface area (Å²) in [7, 11) is 1.64. The first-order valence-corrected chi connectivity index (χ1v) is 7.70. The number of carboxylic acid groups (broad SMARTS) is 1. The van der Waals surface area contributed by atoms with Crippen LogP contribution in [0.3, 0.4) is 0 Å². The molecule has 7 heteroatoms. The molecule has 0 aliphatic heterocycles. The van der Waals surface area contributed by atoms with Crippen molar-refractivity contribution in [3.8, 4) is 5.69 Å². The Balaban J connectivity index is 2.06. The summed E-state index contributed by atoms with van der Waals surface area (Å²) in [4.78, 5) is 23.0. The highest BCUT2D eigenvalue weighted by molar-refractivity contribution is 5.91. The monoisotopic (exact) mass is 331 g/mol. The predicted octanol–water partition coefficient (Wildman–Crippen LogP) is 2.63. The fraction of sp³-hybridized carbons (Fsp3) is 0.353. The number of aromatic nitrogens is 2. The Bertz CT molecular complexity index is 724. The summed E-state index contributed by atoms with van der Waals surface area (Å²) in [6.07, 6.45) is 3.35. The van der Waals surface area contributed by atoms with Crippen LogP contribution in [-0.2, 0) is 9.53 Å². The summed E-state index contributed by atoms with van der Waals surface area (Å²) >= 11 is 0. The van der Waals surface area contributed by atoms with Gasteiger partial charge in [-0.1, -0.05) is 6.07 Å². The molecule has 2 rings (SSSR count). The molecular formula is C17H21N3O4. The normalized spacial score (nSPS) is 10.6. The molecule has 0 unspecified atom stereocenters. The largest absolute Gasteiger partial charge is 0.478 e. The number of aromatic carboxylic acids is 1. The minimum Gasteiger partial charge on any atom is -0.478 e. The Labute approximate surface area is 140 Å². The van der Waals surface area contributed by atoms with E-state index >= 15 is 0 Å². The smallest absolute Gasteiger partial charge is 0.339 e. The van der Waals surface area contributed by atoms with Crippen LogP contribution in [0.4, 0.5) is 5.69 Å². The van der Waals surface area contributed by atoms with E-state index in [1.165, 1.54) is 10.9 Å². The lowest BCUT2D eigenvalue weighted by molar-refractivity contribution is -0.116. The van der Waals surface area contributed by atoms with Crippen molar-refractivity contribution in [3.05, 3.63) is 41.7 Å². The van der Waals surface area contributed by atoms with Crippen molar-refractivity contribution in [3.63, 3.8) is 0 Å². The number of hydrogen-bond acceptors (Lipinski definition) is 4. The van der Waals surface area contributed by atoms with E-state index in [4.69, 9.17) is 9.84 Å². The van der Waals surface area contributed by atoms with Gasteiger partial charge in [-0.2, -0.15) is 5.10 Å². The Morgan fingerprint density at radius 1 is 1.33 bits per heavy atom. The number of nitrogens with one attached hydrogen (secondary N) is 1. The highest BCUT2D eigenvalue weighted by atomic mass is 16.5. The van der Waals surface area contributed by atoms with Gasteiger partial charge in [-0.3, -0.25) is 4.79 Å².